The molecule has 1 N–H and O–H groups in total. The van der Waals surface area contributed by atoms with Crippen molar-refractivity contribution in [3.63, 3.8) is 0 Å². The molecule has 1 aromatic heterocycles. The highest BCUT2D eigenvalue weighted by Crippen LogP contribution is 2.56. The van der Waals surface area contributed by atoms with Crippen LogP contribution in [0.1, 0.15) is 44.7 Å². The van der Waals surface area contributed by atoms with Crippen molar-refractivity contribution in [1.82, 2.24) is 15.2 Å². The van der Waals surface area contributed by atoms with E-state index < -0.39 is 0 Å². The molecule has 2 saturated carbocycles. The molecular formula is C19H29N3O2. The Morgan fingerprint density at radius 1 is 1.42 bits per heavy atom. The highest BCUT2D eigenvalue weighted by atomic mass is 16.5. The number of nitrogens with one attached hydrogen (secondary N) is 1. The quantitative estimate of drug-likeness (QED) is 0.833. The number of pyridine rings is 1. The summed E-state index contributed by atoms with van der Waals surface area (Å²) in [6.45, 7) is 3.79. The minimum atomic E-state index is 0.0659. The molecule has 2 atom stereocenters. The summed E-state index contributed by atoms with van der Waals surface area (Å²) in [7, 11) is 2.08. The van der Waals surface area contributed by atoms with Gasteiger partial charge in [-0.05, 0) is 45.4 Å². The number of rotatable bonds is 7. The molecule has 132 valence electrons. The lowest BCUT2D eigenvalue weighted by atomic mass is 9.60. The fourth-order valence-electron chi connectivity index (χ4n) is 4.55. The smallest absolute Gasteiger partial charge is 0.234 e. The van der Waals surface area contributed by atoms with E-state index in [2.05, 4.69) is 29.2 Å². The number of hydrogen-bond donors (Lipinski definition) is 1. The van der Waals surface area contributed by atoms with E-state index in [4.69, 9.17) is 4.74 Å². The van der Waals surface area contributed by atoms with Gasteiger partial charge in [0.1, 0.15) is 0 Å². The van der Waals surface area contributed by atoms with Crippen LogP contribution in [0.3, 0.4) is 0 Å². The van der Waals surface area contributed by atoms with Gasteiger partial charge in [0.2, 0.25) is 5.91 Å². The van der Waals surface area contributed by atoms with E-state index in [1.165, 1.54) is 25.7 Å². The van der Waals surface area contributed by atoms with E-state index in [0.29, 0.717) is 25.2 Å². The lowest BCUT2D eigenvalue weighted by Crippen LogP contribution is -2.63. The number of likely N-dealkylation sites (N-methyl/N-ethyl adjacent to an activating group) is 1. The number of carbonyl (C=O) groups is 1. The van der Waals surface area contributed by atoms with E-state index in [9.17, 15) is 4.79 Å². The maximum atomic E-state index is 12.3. The molecule has 0 radical (unpaired) electrons. The minimum absolute atomic E-state index is 0.0659. The fraction of sp³-hybridized carbons (Fsp3) is 0.684. The Labute approximate surface area is 144 Å². The third-order valence-corrected chi connectivity index (χ3v) is 5.76. The Kier molecular flexibility index (Phi) is 5.51. The zero-order valence-corrected chi connectivity index (χ0v) is 14.8. The van der Waals surface area contributed by atoms with Crippen molar-refractivity contribution in [1.29, 1.82) is 0 Å². The number of carbonyl (C=O) groups excluding carboxylic acids is 1. The van der Waals surface area contributed by atoms with Crippen LogP contribution in [0.5, 0.6) is 0 Å². The number of amides is 1. The van der Waals surface area contributed by atoms with E-state index in [1.54, 1.807) is 6.20 Å². The SMILES string of the molecule is CCO[C@H]1C[C@@H](N(C)CC(=O)NCc2ccccn2)C12CCCC2. The standard InChI is InChI=1S/C19H29N3O2/c1-3-24-17-12-16(19(17)9-5-6-10-19)22(2)14-18(23)21-13-15-8-4-7-11-20-15/h4,7-8,11,16-17H,3,5-6,9-10,12-14H2,1-2H3,(H,21,23)/t16-,17+/m1/s1. The largest absolute Gasteiger partial charge is 0.378 e. The van der Waals surface area contributed by atoms with E-state index in [0.717, 1.165) is 18.7 Å². The first-order valence-corrected chi connectivity index (χ1v) is 9.14. The predicted octanol–water partition coefficient (Wildman–Crippen LogP) is 2.37. The molecule has 1 aromatic rings. The molecule has 0 unspecified atom stereocenters. The van der Waals surface area contributed by atoms with Crippen LogP contribution in [0.2, 0.25) is 0 Å². The van der Waals surface area contributed by atoms with Crippen LogP contribution in [0.4, 0.5) is 0 Å². The third-order valence-electron chi connectivity index (χ3n) is 5.76. The second-order valence-corrected chi connectivity index (χ2v) is 7.15. The van der Waals surface area contributed by atoms with Crippen LogP contribution in [0.15, 0.2) is 24.4 Å². The van der Waals surface area contributed by atoms with Gasteiger partial charge in [0.15, 0.2) is 0 Å². The number of nitrogens with zero attached hydrogens (tertiary/aromatic N) is 2. The molecule has 5 heteroatoms. The second-order valence-electron chi connectivity index (χ2n) is 7.15. The third kappa shape index (κ3) is 3.47. The van der Waals surface area contributed by atoms with Crippen LogP contribution in [-0.4, -0.2) is 48.1 Å². The summed E-state index contributed by atoms with van der Waals surface area (Å²) in [5.74, 6) is 0.0659. The molecule has 0 aliphatic heterocycles. The topological polar surface area (TPSA) is 54.5 Å². The number of hydrogen-bond acceptors (Lipinski definition) is 4. The molecule has 1 heterocycles. The second kappa shape index (κ2) is 7.62. The highest BCUT2D eigenvalue weighted by molar-refractivity contribution is 5.78. The zero-order valence-electron chi connectivity index (χ0n) is 14.8. The van der Waals surface area contributed by atoms with Crippen molar-refractivity contribution in [2.45, 2.75) is 57.7 Å². The van der Waals surface area contributed by atoms with Crippen LogP contribution in [-0.2, 0) is 16.1 Å². The molecule has 5 nitrogen and oxygen atoms in total. The van der Waals surface area contributed by atoms with Gasteiger partial charge < -0.3 is 10.1 Å². The Hall–Kier alpha value is -1.46. The molecule has 1 spiro atoms. The monoisotopic (exact) mass is 331 g/mol. The maximum absolute atomic E-state index is 12.3. The van der Waals surface area contributed by atoms with Gasteiger partial charge in [-0.3, -0.25) is 14.7 Å². The van der Waals surface area contributed by atoms with Crippen LogP contribution in [0.25, 0.3) is 0 Å². The van der Waals surface area contributed by atoms with Gasteiger partial charge in [-0.15, -0.1) is 0 Å². The molecule has 24 heavy (non-hydrogen) atoms. The molecular weight excluding hydrogens is 302 g/mol. The predicted molar refractivity (Wildman–Crippen MR) is 93.4 cm³/mol. The van der Waals surface area contributed by atoms with Crippen molar-refractivity contribution < 1.29 is 9.53 Å². The first-order valence-electron chi connectivity index (χ1n) is 9.14. The highest BCUT2D eigenvalue weighted by Gasteiger charge is 2.57. The molecule has 0 aromatic carbocycles. The van der Waals surface area contributed by atoms with E-state index in [1.807, 2.05) is 18.2 Å². The van der Waals surface area contributed by atoms with Crippen LogP contribution < -0.4 is 5.32 Å². The van der Waals surface area contributed by atoms with Gasteiger partial charge in [-0.25, -0.2) is 0 Å². The van der Waals surface area contributed by atoms with Crippen molar-refractivity contribution in [3.8, 4) is 0 Å². The van der Waals surface area contributed by atoms with Gasteiger partial charge in [0.05, 0.1) is 24.9 Å². The molecule has 2 aliphatic rings. The normalized spacial score (nSPS) is 25.0. The van der Waals surface area contributed by atoms with Crippen molar-refractivity contribution in [3.05, 3.63) is 30.1 Å². The van der Waals surface area contributed by atoms with Crippen LogP contribution in [0, 0.1) is 5.41 Å². The molecule has 2 fully saturated rings. The summed E-state index contributed by atoms with van der Waals surface area (Å²) in [5, 5.41) is 2.97. The Morgan fingerprint density at radius 2 is 2.21 bits per heavy atom. The van der Waals surface area contributed by atoms with Gasteiger partial charge in [-0.2, -0.15) is 0 Å². The van der Waals surface area contributed by atoms with Crippen LogP contribution >= 0.6 is 0 Å². The maximum Gasteiger partial charge on any atom is 0.234 e. The number of ether oxygens (including phenoxy) is 1. The first kappa shape index (κ1) is 17.4. The van der Waals surface area contributed by atoms with Crippen molar-refractivity contribution in [2.24, 2.45) is 5.41 Å². The lowest BCUT2D eigenvalue weighted by Gasteiger charge is -2.57. The average molecular weight is 331 g/mol. The van der Waals surface area contributed by atoms with Crippen molar-refractivity contribution >= 4 is 5.91 Å². The molecule has 1 amide bonds. The summed E-state index contributed by atoms with van der Waals surface area (Å²) in [4.78, 5) is 18.7. The fourth-order valence-corrected chi connectivity index (χ4v) is 4.55. The Balaban J connectivity index is 1.51. The first-order chi connectivity index (χ1) is 11.7. The van der Waals surface area contributed by atoms with E-state index >= 15 is 0 Å². The molecule has 3 rings (SSSR count). The molecule has 2 aliphatic carbocycles. The average Bonchev–Trinajstić information content (AvgIpc) is 3.10. The number of aromatic nitrogens is 1. The summed E-state index contributed by atoms with van der Waals surface area (Å²) >= 11 is 0. The minimum Gasteiger partial charge on any atom is -0.378 e. The Bertz CT molecular complexity index is 543. The van der Waals surface area contributed by atoms with Gasteiger partial charge >= 0.3 is 0 Å². The van der Waals surface area contributed by atoms with Gasteiger partial charge in [-0.1, -0.05) is 18.9 Å². The zero-order chi connectivity index (χ0) is 17.0. The Morgan fingerprint density at radius 3 is 2.88 bits per heavy atom. The summed E-state index contributed by atoms with van der Waals surface area (Å²) in [6.07, 6.45) is 8.25. The summed E-state index contributed by atoms with van der Waals surface area (Å²) < 4.78 is 5.97. The molecule has 0 saturated heterocycles. The lowest BCUT2D eigenvalue weighted by molar-refractivity contribution is -0.163. The summed E-state index contributed by atoms with van der Waals surface area (Å²) in [6, 6.07) is 6.21. The summed E-state index contributed by atoms with van der Waals surface area (Å²) in [5.41, 5.74) is 1.17. The van der Waals surface area contributed by atoms with Crippen molar-refractivity contribution in [2.75, 3.05) is 20.2 Å². The van der Waals surface area contributed by atoms with Gasteiger partial charge in [0, 0.05) is 24.3 Å². The van der Waals surface area contributed by atoms with Gasteiger partial charge in [0.25, 0.3) is 0 Å². The molecule has 0 bridgehead atoms. The van der Waals surface area contributed by atoms with E-state index in [-0.39, 0.29) is 11.3 Å².